The first kappa shape index (κ1) is 15.1. The van der Waals surface area contributed by atoms with Crippen molar-refractivity contribution in [2.45, 2.75) is 71.1 Å². The molecule has 0 spiro atoms. The fourth-order valence-corrected chi connectivity index (χ4v) is 3.96. The van der Waals surface area contributed by atoms with E-state index in [4.69, 9.17) is 0 Å². The van der Waals surface area contributed by atoms with Gasteiger partial charge in [-0.2, -0.15) is 0 Å². The second kappa shape index (κ2) is 6.10. The number of hydrogen-bond acceptors (Lipinski definition) is 2. The minimum Gasteiger partial charge on any atom is -0.298 e. The van der Waals surface area contributed by atoms with E-state index >= 15 is 0 Å². The molecular weight excluding hydrogens is 256 g/mol. The van der Waals surface area contributed by atoms with Gasteiger partial charge in [-0.1, -0.05) is 38.1 Å². The highest BCUT2D eigenvalue weighted by Crippen LogP contribution is 2.32. The molecule has 2 aliphatic rings. The third-order valence-electron chi connectivity index (χ3n) is 5.37. The zero-order valence-corrected chi connectivity index (χ0v) is 14.0. The molecule has 0 aromatic heterocycles. The summed E-state index contributed by atoms with van der Waals surface area (Å²) in [7, 11) is 0. The van der Waals surface area contributed by atoms with Crippen LogP contribution in [-0.4, -0.2) is 41.0 Å². The fraction of sp³-hybridized carbons (Fsp3) is 0.684. The lowest BCUT2D eigenvalue weighted by Gasteiger charge is -2.43. The first-order valence-electron chi connectivity index (χ1n) is 8.63. The van der Waals surface area contributed by atoms with E-state index in [9.17, 15) is 0 Å². The van der Waals surface area contributed by atoms with Crippen molar-refractivity contribution in [3.8, 4) is 0 Å². The van der Waals surface area contributed by atoms with Gasteiger partial charge in [0, 0.05) is 37.8 Å². The van der Waals surface area contributed by atoms with E-state index in [2.05, 4.69) is 61.8 Å². The molecule has 0 radical (unpaired) electrons. The highest BCUT2D eigenvalue weighted by Gasteiger charge is 2.40. The molecule has 0 saturated carbocycles. The van der Waals surface area contributed by atoms with E-state index in [1.54, 1.807) is 0 Å². The van der Waals surface area contributed by atoms with Crippen LogP contribution in [-0.2, 0) is 6.54 Å². The van der Waals surface area contributed by atoms with Crippen LogP contribution in [0.1, 0.15) is 57.6 Å². The second-order valence-corrected chi connectivity index (χ2v) is 7.50. The molecule has 21 heavy (non-hydrogen) atoms. The van der Waals surface area contributed by atoms with Gasteiger partial charge >= 0.3 is 0 Å². The maximum atomic E-state index is 2.78. The summed E-state index contributed by atoms with van der Waals surface area (Å²) in [6.45, 7) is 12.9. The molecule has 0 amide bonds. The van der Waals surface area contributed by atoms with E-state index in [-0.39, 0.29) is 0 Å². The van der Waals surface area contributed by atoms with Crippen molar-refractivity contribution in [3.63, 3.8) is 0 Å². The zero-order chi connectivity index (χ0) is 15.0. The summed E-state index contributed by atoms with van der Waals surface area (Å²) in [4.78, 5) is 5.45. The summed E-state index contributed by atoms with van der Waals surface area (Å²) in [5.41, 5.74) is 2.97. The summed E-state index contributed by atoms with van der Waals surface area (Å²) in [6, 6.07) is 11.5. The van der Waals surface area contributed by atoms with Crippen LogP contribution in [0.2, 0.25) is 0 Å². The molecule has 2 fully saturated rings. The Morgan fingerprint density at radius 2 is 1.71 bits per heavy atom. The third kappa shape index (κ3) is 3.17. The average molecular weight is 286 g/mol. The van der Waals surface area contributed by atoms with Crippen molar-refractivity contribution in [2.75, 3.05) is 13.1 Å². The summed E-state index contributed by atoms with van der Waals surface area (Å²) in [5, 5.41) is 0. The summed E-state index contributed by atoms with van der Waals surface area (Å²) in [6.07, 6.45) is 2.77. The normalized spacial score (nSPS) is 27.0. The molecule has 1 aromatic carbocycles. The molecule has 116 valence electrons. The minimum absolute atomic E-state index is 0.625. The van der Waals surface area contributed by atoms with Gasteiger partial charge in [-0.05, 0) is 43.7 Å². The number of likely N-dealkylation sites (tertiary alicyclic amines) is 1. The molecule has 0 aliphatic carbocycles. The summed E-state index contributed by atoms with van der Waals surface area (Å²) >= 11 is 0. The third-order valence-corrected chi connectivity index (χ3v) is 5.37. The highest BCUT2D eigenvalue weighted by molar-refractivity contribution is 5.26. The number of nitrogens with zero attached hydrogens (tertiary/aromatic N) is 2. The van der Waals surface area contributed by atoms with Crippen LogP contribution in [0.3, 0.4) is 0 Å². The lowest BCUT2D eigenvalue weighted by atomic mass is 10.00. The van der Waals surface area contributed by atoms with Crippen molar-refractivity contribution >= 4 is 0 Å². The van der Waals surface area contributed by atoms with Crippen LogP contribution in [0.5, 0.6) is 0 Å². The van der Waals surface area contributed by atoms with Crippen molar-refractivity contribution in [1.29, 1.82) is 0 Å². The van der Waals surface area contributed by atoms with Gasteiger partial charge in [-0.15, -0.1) is 0 Å². The van der Waals surface area contributed by atoms with Crippen LogP contribution in [0.4, 0.5) is 0 Å². The molecule has 2 nitrogen and oxygen atoms in total. The topological polar surface area (TPSA) is 6.48 Å². The van der Waals surface area contributed by atoms with Crippen LogP contribution in [0, 0.1) is 0 Å². The van der Waals surface area contributed by atoms with Crippen molar-refractivity contribution < 1.29 is 0 Å². The molecule has 2 unspecified atom stereocenters. The number of rotatable bonds is 4. The number of benzene rings is 1. The Morgan fingerprint density at radius 3 is 2.29 bits per heavy atom. The molecule has 2 heterocycles. The van der Waals surface area contributed by atoms with Crippen molar-refractivity contribution in [2.24, 2.45) is 0 Å². The predicted molar refractivity (Wildman–Crippen MR) is 89.6 cm³/mol. The average Bonchev–Trinajstić information content (AvgIpc) is 2.70. The van der Waals surface area contributed by atoms with Gasteiger partial charge in [0.15, 0.2) is 0 Å². The Labute approximate surface area is 130 Å². The summed E-state index contributed by atoms with van der Waals surface area (Å²) in [5.74, 6) is 0.625. The Morgan fingerprint density at radius 1 is 1.05 bits per heavy atom. The van der Waals surface area contributed by atoms with Gasteiger partial charge in [0.2, 0.25) is 0 Å². The lowest BCUT2D eigenvalue weighted by Crippen LogP contribution is -2.54. The van der Waals surface area contributed by atoms with E-state index in [1.165, 1.54) is 37.1 Å². The van der Waals surface area contributed by atoms with Crippen molar-refractivity contribution in [3.05, 3.63) is 35.4 Å². The van der Waals surface area contributed by atoms with Crippen LogP contribution in [0.15, 0.2) is 24.3 Å². The maximum Gasteiger partial charge on any atom is 0.0240 e. The largest absolute Gasteiger partial charge is 0.298 e. The Balaban J connectivity index is 1.70. The molecule has 3 rings (SSSR count). The zero-order valence-electron chi connectivity index (χ0n) is 14.0. The smallest absolute Gasteiger partial charge is 0.0240 e. The molecule has 2 saturated heterocycles. The fourth-order valence-electron chi connectivity index (χ4n) is 3.96. The first-order chi connectivity index (χ1) is 10.0. The molecule has 1 aromatic rings. The van der Waals surface area contributed by atoms with Gasteiger partial charge in [-0.3, -0.25) is 9.80 Å². The minimum atomic E-state index is 0.625. The van der Waals surface area contributed by atoms with Crippen molar-refractivity contribution in [1.82, 2.24) is 9.80 Å². The van der Waals surface area contributed by atoms with E-state index in [0.29, 0.717) is 12.0 Å². The van der Waals surface area contributed by atoms with Gasteiger partial charge in [0.25, 0.3) is 0 Å². The lowest BCUT2D eigenvalue weighted by molar-refractivity contribution is 0.0441. The Hall–Kier alpha value is -0.860. The molecular formula is C19H30N2. The number of hydrogen-bond donors (Lipinski definition) is 0. The van der Waals surface area contributed by atoms with Gasteiger partial charge in [0.05, 0.1) is 0 Å². The maximum absolute atomic E-state index is 2.78. The quantitative estimate of drug-likeness (QED) is 0.829. The monoisotopic (exact) mass is 286 g/mol. The van der Waals surface area contributed by atoms with Gasteiger partial charge in [0.1, 0.15) is 0 Å². The van der Waals surface area contributed by atoms with E-state index < -0.39 is 0 Å². The number of fused-ring (bicyclic) bond motifs is 2. The Kier molecular flexibility index (Phi) is 4.37. The number of piperazine rings is 1. The predicted octanol–water partition coefficient (Wildman–Crippen LogP) is 3.87. The molecule has 2 aliphatic heterocycles. The van der Waals surface area contributed by atoms with Crippen LogP contribution >= 0.6 is 0 Å². The summed E-state index contributed by atoms with van der Waals surface area (Å²) < 4.78 is 0. The molecule has 2 heteroatoms. The van der Waals surface area contributed by atoms with E-state index in [0.717, 1.165) is 18.6 Å². The van der Waals surface area contributed by atoms with Gasteiger partial charge in [-0.25, -0.2) is 0 Å². The second-order valence-electron chi connectivity index (χ2n) is 7.50. The Bertz CT molecular complexity index is 466. The van der Waals surface area contributed by atoms with Crippen LogP contribution < -0.4 is 0 Å². The van der Waals surface area contributed by atoms with Crippen LogP contribution in [0.25, 0.3) is 0 Å². The molecule has 2 atom stereocenters. The standard InChI is InChI=1S/C19H30N2/c1-14(2)17-7-5-6-16(10-17)11-21-18-8-9-19(21)13-20(12-18)15(3)4/h5-7,10,14-15,18-19H,8-9,11-13H2,1-4H3. The highest BCUT2D eigenvalue weighted by atomic mass is 15.3. The van der Waals surface area contributed by atoms with E-state index in [1.807, 2.05) is 0 Å². The first-order valence-corrected chi connectivity index (χ1v) is 8.63. The SMILES string of the molecule is CC(C)c1cccc(CN2C3CCC2CN(C(C)C)C3)c1. The van der Waals surface area contributed by atoms with Gasteiger partial charge < -0.3 is 0 Å². The molecule has 0 N–H and O–H groups in total. The molecule has 2 bridgehead atoms.